The number of likely N-dealkylation sites (tertiary alicyclic amines) is 1. The smallest absolute Gasteiger partial charge is 0.255 e. The zero-order chi connectivity index (χ0) is 16.2. The number of carbonyl (C=O) groups is 1. The van der Waals surface area contributed by atoms with Gasteiger partial charge in [0.15, 0.2) is 0 Å². The largest absolute Gasteiger partial charge is 0.339 e. The Morgan fingerprint density at radius 3 is 2.57 bits per heavy atom. The van der Waals surface area contributed by atoms with Crippen molar-refractivity contribution in [2.75, 3.05) is 13.1 Å². The van der Waals surface area contributed by atoms with E-state index in [1.165, 1.54) is 5.56 Å². The Labute approximate surface area is 137 Å². The van der Waals surface area contributed by atoms with Crippen molar-refractivity contribution in [1.29, 1.82) is 0 Å². The van der Waals surface area contributed by atoms with E-state index in [0.29, 0.717) is 11.5 Å². The Hall–Kier alpha value is -2.23. The van der Waals surface area contributed by atoms with E-state index in [4.69, 9.17) is 0 Å². The second kappa shape index (κ2) is 6.90. The monoisotopic (exact) mass is 309 g/mol. The van der Waals surface area contributed by atoms with Gasteiger partial charge < -0.3 is 4.90 Å². The van der Waals surface area contributed by atoms with E-state index in [1.54, 1.807) is 6.20 Å². The Balaban J connectivity index is 1.55. The average molecular weight is 309 g/mol. The zero-order valence-electron chi connectivity index (χ0n) is 13.8. The van der Waals surface area contributed by atoms with Crippen molar-refractivity contribution in [3.63, 3.8) is 0 Å². The van der Waals surface area contributed by atoms with Crippen LogP contribution in [-0.2, 0) is 6.42 Å². The summed E-state index contributed by atoms with van der Waals surface area (Å²) in [7, 11) is 0. The van der Waals surface area contributed by atoms with Crippen LogP contribution in [-0.4, -0.2) is 33.9 Å². The minimum absolute atomic E-state index is 0.107. The standard InChI is InChI=1S/C19H23N3O/c1-14-3-4-18(13-21-14)19(23)22-9-6-16(7-10-22)12-17-5-8-20-15(2)11-17/h3-5,8,11,13,16H,6-7,9-10,12H2,1-2H3. The van der Waals surface area contributed by atoms with Gasteiger partial charge in [-0.3, -0.25) is 14.8 Å². The van der Waals surface area contributed by atoms with E-state index < -0.39 is 0 Å². The summed E-state index contributed by atoms with van der Waals surface area (Å²) in [4.78, 5) is 22.9. The Bertz CT molecular complexity index is 673. The highest BCUT2D eigenvalue weighted by Gasteiger charge is 2.23. The van der Waals surface area contributed by atoms with Crippen LogP contribution >= 0.6 is 0 Å². The van der Waals surface area contributed by atoms with Crippen molar-refractivity contribution in [3.8, 4) is 0 Å². The van der Waals surface area contributed by atoms with Crippen LogP contribution in [0.1, 0.15) is 40.2 Å². The molecule has 0 radical (unpaired) electrons. The Morgan fingerprint density at radius 1 is 1.13 bits per heavy atom. The molecule has 4 nitrogen and oxygen atoms in total. The predicted molar refractivity (Wildman–Crippen MR) is 90.3 cm³/mol. The van der Waals surface area contributed by atoms with Crippen molar-refractivity contribution in [1.82, 2.24) is 14.9 Å². The van der Waals surface area contributed by atoms with Crippen molar-refractivity contribution in [2.45, 2.75) is 33.1 Å². The molecule has 3 rings (SSSR count). The first-order valence-electron chi connectivity index (χ1n) is 8.25. The Morgan fingerprint density at radius 2 is 1.91 bits per heavy atom. The highest BCUT2D eigenvalue weighted by atomic mass is 16.2. The molecule has 23 heavy (non-hydrogen) atoms. The maximum Gasteiger partial charge on any atom is 0.255 e. The van der Waals surface area contributed by atoms with Crippen LogP contribution in [0.5, 0.6) is 0 Å². The van der Waals surface area contributed by atoms with Gasteiger partial charge in [-0.15, -0.1) is 0 Å². The topological polar surface area (TPSA) is 46.1 Å². The van der Waals surface area contributed by atoms with Crippen molar-refractivity contribution >= 4 is 5.91 Å². The van der Waals surface area contributed by atoms with Crippen molar-refractivity contribution in [2.24, 2.45) is 5.92 Å². The van der Waals surface area contributed by atoms with Crippen LogP contribution < -0.4 is 0 Å². The van der Waals surface area contributed by atoms with Gasteiger partial charge >= 0.3 is 0 Å². The molecule has 1 fully saturated rings. The molecule has 4 heteroatoms. The van der Waals surface area contributed by atoms with E-state index in [-0.39, 0.29) is 5.91 Å². The molecule has 1 aliphatic rings. The maximum atomic E-state index is 12.5. The number of carbonyl (C=O) groups excluding carboxylic acids is 1. The first-order chi connectivity index (χ1) is 11.1. The van der Waals surface area contributed by atoms with Gasteiger partial charge in [0.05, 0.1) is 5.56 Å². The fourth-order valence-electron chi connectivity index (χ4n) is 3.18. The molecule has 3 heterocycles. The van der Waals surface area contributed by atoms with Crippen molar-refractivity contribution < 1.29 is 4.79 Å². The number of amides is 1. The lowest BCUT2D eigenvalue weighted by molar-refractivity contribution is 0.0690. The number of rotatable bonds is 3. The lowest BCUT2D eigenvalue weighted by atomic mass is 9.90. The zero-order valence-corrected chi connectivity index (χ0v) is 13.8. The number of piperidine rings is 1. The van der Waals surface area contributed by atoms with Crippen LogP contribution in [0.3, 0.4) is 0 Å². The van der Waals surface area contributed by atoms with Crippen LogP contribution in [0.4, 0.5) is 0 Å². The summed E-state index contributed by atoms with van der Waals surface area (Å²) in [6.45, 7) is 5.63. The second-order valence-corrected chi connectivity index (χ2v) is 6.43. The number of aromatic nitrogens is 2. The normalized spacial score (nSPS) is 15.7. The van der Waals surface area contributed by atoms with Crippen molar-refractivity contribution in [3.05, 3.63) is 59.2 Å². The molecule has 0 aliphatic carbocycles. The maximum absolute atomic E-state index is 12.5. The van der Waals surface area contributed by atoms with Gasteiger partial charge in [-0.2, -0.15) is 0 Å². The lowest BCUT2D eigenvalue weighted by Gasteiger charge is -2.32. The Kier molecular flexibility index (Phi) is 4.70. The summed E-state index contributed by atoms with van der Waals surface area (Å²) in [6.07, 6.45) is 6.77. The predicted octanol–water partition coefficient (Wildman–Crippen LogP) is 3.19. The summed E-state index contributed by atoms with van der Waals surface area (Å²) < 4.78 is 0. The van der Waals surface area contributed by atoms with Crippen LogP contribution in [0, 0.1) is 19.8 Å². The fraction of sp³-hybridized carbons (Fsp3) is 0.421. The SMILES string of the molecule is Cc1ccc(C(=O)N2CCC(Cc3ccnc(C)c3)CC2)cn1. The third kappa shape index (κ3) is 3.95. The average Bonchev–Trinajstić information content (AvgIpc) is 2.56. The highest BCUT2D eigenvalue weighted by Crippen LogP contribution is 2.23. The molecule has 0 unspecified atom stereocenters. The van der Waals surface area contributed by atoms with E-state index >= 15 is 0 Å². The molecule has 0 atom stereocenters. The number of aryl methyl sites for hydroxylation is 2. The van der Waals surface area contributed by atoms with E-state index in [1.807, 2.05) is 37.1 Å². The first kappa shape index (κ1) is 15.7. The molecule has 0 aromatic carbocycles. The van der Waals surface area contributed by atoms with E-state index in [9.17, 15) is 4.79 Å². The van der Waals surface area contributed by atoms with Crippen LogP contribution in [0.25, 0.3) is 0 Å². The molecule has 1 amide bonds. The van der Waals surface area contributed by atoms with Gasteiger partial charge in [-0.1, -0.05) is 0 Å². The summed E-state index contributed by atoms with van der Waals surface area (Å²) in [5.41, 5.74) is 4.05. The summed E-state index contributed by atoms with van der Waals surface area (Å²) in [6, 6.07) is 8.03. The number of nitrogens with zero attached hydrogens (tertiary/aromatic N) is 3. The second-order valence-electron chi connectivity index (χ2n) is 6.43. The molecule has 120 valence electrons. The molecule has 1 saturated heterocycles. The molecule has 0 bridgehead atoms. The molecule has 2 aromatic heterocycles. The quantitative estimate of drug-likeness (QED) is 0.875. The molecule has 0 saturated carbocycles. The number of hydrogen-bond donors (Lipinski definition) is 0. The molecule has 2 aromatic rings. The number of pyridine rings is 2. The minimum atomic E-state index is 0.107. The van der Waals surface area contributed by atoms with Gasteiger partial charge in [0.25, 0.3) is 5.91 Å². The summed E-state index contributed by atoms with van der Waals surface area (Å²) in [5.74, 6) is 0.757. The van der Waals surface area contributed by atoms with Gasteiger partial charge in [-0.05, 0) is 68.9 Å². The van der Waals surface area contributed by atoms with Gasteiger partial charge in [-0.25, -0.2) is 0 Å². The number of hydrogen-bond acceptors (Lipinski definition) is 3. The molecule has 0 N–H and O–H groups in total. The van der Waals surface area contributed by atoms with E-state index in [2.05, 4.69) is 22.1 Å². The summed E-state index contributed by atoms with van der Waals surface area (Å²) in [5, 5.41) is 0. The fourth-order valence-corrected chi connectivity index (χ4v) is 3.18. The van der Waals surface area contributed by atoms with Crippen LogP contribution in [0.2, 0.25) is 0 Å². The van der Waals surface area contributed by atoms with Crippen LogP contribution in [0.15, 0.2) is 36.7 Å². The van der Waals surface area contributed by atoms with Gasteiger partial charge in [0.1, 0.15) is 0 Å². The third-order valence-corrected chi connectivity index (χ3v) is 4.55. The first-order valence-corrected chi connectivity index (χ1v) is 8.25. The van der Waals surface area contributed by atoms with E-state index in [0.717, 1.165) is 43.7 Å². The van der Waals surface area contributed by atoms with Gasteiger partial charge in [0, 0.05) is 36.9 Å². The molecule has 1 aliphatic heterocycles. The summed E-state index contributed by atoms with van der Waals surface area (Å²) >= 11 is 0. The molecule has 0 spiro atoms. The third-order valence-electron chi connectivity index (χ3n) is 4.55. The highest BCUT2D eigenvalue weighted by molar-refractivity contribution is 5.93. The molecular formula is C19H23N3O. The lowest BCUT2D eigenvalue weighted by Crippen LogP contribution is -2.39. The minimum Gasteiger partial charge on any atom is -0.339 e. The van der Waals surface area contributed by atoms with Gasteiger partial charge in [0.2, 0.25) is 0 Å². The molecular weight excluding hydrogens is 286 g/mol.